The minimum atomic E-state index is -1.18. The molecular formula is C12H16FN. The Morgan fingerprint density at radius 2 is 2.21 bits per heavy atom. The van der Waals surface area contributed by atoms with Crippen LogP contribution >= 0.6 is 0 Å². The van der Waals surface area contributed by atoms with Gasteiger partial charge in [-0.25, -0.2) is 4.39 Å². The number of rotatable bonds is 0. The fourth-order valence-electron chi connectivity index (χ4n) is 2.10. The first-order valence-electron chi connectivity index (χ1n) is 5.10. The number of alkyl halides is 1. The van der Waals surface area contributed by atoms with Gasteiger partial charge in [-0.1, -0.05) is 18.2 Å². The molecule has 1 aromatic carbocycles. The number of fused-ring (bicyclic) bond motifs is 1. The molecule has 0 fully saturated rings. The van der Waals surface area contributed by atoms with E-state index >= 15 is 0 Å². The minimum absolute atomic E-state index is 0.559. The van der Waals surface area contributed by atoms with Crippen molar-refractivity contribution in [1.82, 2.24) is 5.32 Å². The molecular weight excluding hydrogens is 177 g/mol. The van der Waals surface area contributed by atoms with E-state index in [1.54, 1.807) is 6.92 Å². The van der Waals surface area contributed by atoms with Gasteiger partial charge in [-0.15, -0.1) is 0 Å². The molecule has 0 aliphatic carbocycles. The average molecular weight is 193 g/mol. The molecule has 1 aromatic rings. The molecule has 1 heterocycles. The zero-order valence-corrected chi connectivity index (χ0v) is 8.73. The van der Waals surface area contributed by atoms with Crippen LogP contribution in [0.3, 0.4) is 0 Å². The molecule has 0 amide bonds. The fraction of sp³-hybridized carbons (Fsp3) is 0.500. The maximum atomic E-state index is 14.3. The zero-order chi connectivity index (χ0) is 10.2. The van der Waals surface area contributed by atoms with E-state index in [9.17, 15) is 4.39 Å². The van der Waals surface area contributed by atoms with Crippen LogP contribution in [0.25, 0.3) is 0 Å². The van der Waals surface area contributed by atoms with Crippen molar-refractivity contribution in [3.63, 3.8) is 0 Å². The van der Waals surface area contributed by atoms with Crippen molar-refractivity contribution >= 4 is 0 Å². The van der Waals surface area contributed by atoms with Crippen LogP contribution in [0.4, 0.5) is 4.39 Å². The van der Waals surface area contributed by atoms with Gasteiger partial charge in [-0.3, -0.25) is 0 Å². The Kier molecular flexibility index (Phi) is 2.31. The lowest BCUT2D eigenvalue weighted by atomic mass is 9.89. The highest BCUT2D eigenvalue weighted by molar-refractivity contribution is 5.38. The SMILES string of the molecule is Cc1cccc2c1CNCCC2(C)F. The largest absolute Gasteiger partial charge is 0.313 e. The van der Waals surface area contributed by atoms with Gasteiger partial charge in [0.15, 0.2) is 0 Å². The van der Waals surface area contributed by atoms with Gasteiger partial charge in [-0.05, 0) is 43.5 Å². The van der Waals surface area contributed by atoms with Crippen LogP contribution in [0.5, 0.6) is 0 Å². The van der Waals surface area contributed by atoms with Crippen LogP contribution in [-0.4, -0.2) is 6.54 Å². The molecule has 76 valence electrons. The summed E-state index contributed by atoms with van der Waals surface area (Å²) >= 11 is 0. The topological polar surface area (TPSA) is 12.0 Å². The predicted molar refractivity (Wildman–Crippen MR) is 56.0 cm³/mol. The van der Waals surface area contributed by atoms with Gasteiger partial charge in [0.2, 0.25) is 0 Å². The van der Waals surface area contributed by atoms with Crippen LogP contribution in [0.1, 0.15) is 30.0 Å². The van der Waals surface area contributed by atoms with Crippen LogP contribution in [0.2, 0.25) is 0 Å². The number of benzene rings is 1. The number of hydrogen-bond donors (Lipinski definition) is 1. The maximum Gasteiger partial charge on any atom is 0.134 e. The highest BCUT2D eigenvalue weighted by Gasteiger charge is 2.30. The van der Waals surface area contributed by atoms with Crippen LogP contribution in [-0.2, 0) is 12.2 Å². The van der Waals surface area contributed by atoms with Gasteiger partial charge >= 0.3 is 0 Å². The lowest BCUT2D eigenvalue weighted by Crippen LogP contribution is -2.18. The van der Waals surface area contributed by atoms with Gasteiger partial charge in [0, 0.05) is 6.54 Å². The first-order chi connectivity index (χ1) is 6.61. The van der Waals surface area contributed by atoms with E-state index in [0.717, 1.165) is 24.2 Å². The Balaban J connectivity index is 2.56. The van der Waals surface area contributed by atoms with Gasteiger partial charge in [0.05, 0.1) is 0 Å². The molecule has 1 aliphatic heterocycles. The minimum Gasteiger partial charge on any atom is -0.313 e. The molecule has 0 radical (unpaired) electrons. The summed E-state index contributed by atoms with van der Waals surface area (Å²) in [5, 5.41) is 3.26. The van der Waals surface area contributed by atoms with Crippen LogP contribution in [0.15, 0.2) is 18.2 Å². The Bertz CT molecular complexity index is 344. The van der Waals surface area contributed by atoms with Crippen molar-refractivity contribution in [2.75, 3.05) is 6.54 Å². The third-order valence-corrected chi connectivity index (χ3v) is 3.04. The number of nitrogens with one attached hydrogen (secondary N) is 1. The summed E-state index contributed by atoms with van der Waals surface area (Å²) in [4.78, 5) is 0. The van der Waals surface area contributed by atoms with Crippen molar-refractivity contribution < 1.29 is 4.39 Å². The van der Waals surface area contributed by atoms with E-state index in [2.05, 4.69) is 5.32 Å². The Labute approximate surface area is 84.3 Å². The van der Waals surface area contributed by atoms with E-state index in [4.69, 9.17) is 0 Å². The van der Waals surface area contributed by atoms with Crippen molar-refractivity contribution in [2.24, 2.45) is 0 Å². The summed E-state index contributed by atoms with van der Waals surface area (Å²) in [5.74, 6) is 0. The van der Waals surface area contributed by atoms with E-state index in [-0.39, 0.29) is 0 Å². The van der Waals surface area contributed by atoms with E-state index in [0.29, 0.717) is 6.42 Å². The summed E-state index contributed by atoms with van der Waals surface area (Å²) in [6, 6.07) is 5.90. The Morgan fingerprint density at radius 1 is 1.43 bits per heavy atom. The van der Waals surface area contributed by atoms with Crippen LogP contribution < -0.4 is 5.32 Å². The lowest BCUT2D eigenvalue weighted by molar-refractivity contribution is 0.180. The fourth-order valence-corrected chi connectivity index (χ4v) is 2.10. The van der Waals surface area contributed by atoms with E-state index in [1.165, 1.54) is 5.56 Å². The first kappa shape index (κ1) is 9.66. The summed E-state index contributed by atoms with van der Waals surface area (Å²) in [7, 11) is 0. The second-order valence-corrected chi connectivity index (χ2v) is 4.23. The first-order valence-corrected chi connectivity index (χ1v) is 5.10. The summed E-state index contributed by atoms with van der Waals surface area (Å²) in [5.41, 5.74) is 2.00. The number of hydrogen-bond acceptors (Lipinski definition) is 1. The normalized spacial score (nSPS) is 26.8. The smallest absolute Gasteiger partial charge is 0.134 e. The molecule has 0 saturated carbocycles. The van der Waals surface area contributed by atoms with Gasteiger partial charge in [-0.2, -0.15) is 0 Å². The second kappa shape index (κ2) is 3.35. The average Bonchev–Trinajstić information content (AvgIpc) is 2.27. The predicted octanol–water partition coefficient (Wildman–Crippen LogP) is 2.67. The van der Waals surface area contributed by atoms with E-state index in [1.807, 2.05) is 25.1 Å². The number of halogens is 1. The van der Waals surface area contributed by atoms with Crippen molar-refractivity contribution in [2.45, 2.75) is 32.5 Å². The molecule has 1 unspecified atom stereocenters. The summed E-state index contributed by atoms with van der Waals surface area (Å²) in [6.07, 6.45) is 0.559. The standard InChI is InChI=1S/C12H16FN/c1-9-4-3-5-11-10(9)8-14-7-6-12(11,2)13/h3-5,14H,6-8H2,1-2H3. The molecule has 1 atom stereocenters. The molecule has 0 bridgehead atoms. The van der Waals surface area contributed by atoms with Crippen LogP contribution in [0, 0.1) is 6.92 Å². The lowest BCUT2D eigenvalue weighted by Gasteiger charge is -2.21. The highest BCUT2D eigenvalue weighted by atomic mass is 19.1. The summed E-state index contributed by atoms with van der Waals surface area (Å²) < 4.78 is 14.3. The van der Waals surface area contributed by atoms with Crippen molar-refractivity contribution in [3.8, 4) is 0 Å². The molecule has 2 heteroatoms. The van der Waals surface area contributed by atoms with Gasteiger partial charge < -0.3 is 5.32 Å². The quantitative estimate of drug-likeness (QED) is 0.668. The van der Waals surface area contributed by atoms with Gasteiger partial charge in [0.1, 0.15) is 5.67 Å². The third-order valence-electron chi connectivity index (χ3n) is 3.04. The zero-order valence-electron chi connectivity index (χ0n) is 8.73. The summed E-state index contributed by atoms with van der Waals surface area (Å²) in [6.45, 7) is 5.27. The molecule has 14 heavy (non-hydrogen) atoms. The van der Waals surface area contributed by atoms with E-state index < -0.39 is 5.67 Å². The molecule has 0 saturated heterocycles. The van der Waals surface area contributed by atoms with Gasteiger partial charge in [0.25, 0.3) is 0 Å². The molecule has 2 rings (SSSR count). The highest BCUT2D eigenvalue weighted by Crippen LogP contribution is 2.34. The maximum absolute atomic E-state index is 14.3. The Hall–Kier alpha value is -0.890. The second-order valence-electron chi connectivity index (χ2n) is 4.23. The molecule has 1 aliphatic rings. The number of aryl methyl sites for hydroxylation is 1. The Morgan fingerprint density at radius 3 is 3.00 bits per heavy atom. The molecule has 1 nitrogen and oxygen atoms in total. The molecule has 1 N–H and O–H groups in total. The monoisotopic (exact) mass is 193 g/mol. The van der Waals surface area contributed by atoms with Crippen molar-refractivity contribution in [3.05, 3.63) is 34.9 Å². The van der Waals surface area contributed by atoms with Crippen molar-refractivity contribution in [1.29, 1.82) is 0 Å². The molecule has 0 aromatic heterocycles. The molecule has 0 spiro atoms. The third kappa shape index (κ3) is 1.55.